The maximum atomic E-state index is 6.06. The molecule has 3 rings (SSSR count). The van der Waals surface area contributed by atoms with Gasteiger partial charge in [-0.05, 0) is 40.8 Å². The Kier molecular flexibility index (Phi) is 3.45. The van der Waals surface area contributed by atoms with E-state index < -0.39 is 0 Å². The van der Waals surface area contributed by atoms with E-state index in [2.05, 4.69) is 15.5 Å². The molecule has 7 heteroatoms. The van der Waals surface area contributed by atoms with Gasteiger partial charge in [0, 0.05) is 5.56 Å². The number of methoxy groups -OCH3 is 1. The lowest BCUT2D eigenvalue weighted by Crippen LogP contribution is -2.02. The van der Waals surface area contributed by atoms with Gasteiger partial charge in [0.05, 0.1) is 17.8 Å². The van der Waals surface area contributed by atoms with E-state index in [0.29, 0.717) is 22.3 Å². The first-order chi connectivity index (χ1) is 10.2. The van der Waals surface area contributed by atoms with Gasteiger partial charge >= 0.3 is 0 Å². The minimum absolute atomic E-state index is 0.460. The quantitative estimate of drug-likeness (QED) is 0.752. The zero-order valence-electron chi connectivity index (χ0n) is 11.2. The molecule has 1 heterocycles. The highest BCUT2D eigenvalue weighted by molar-refractivity contribution is 6.33. The molecule has 6 nitrogen and oxygen atoms in total. The molecule has 106 valence electrons. The SMILES string of the molecule is COc1ccccc1-n1nnnc1-c1ccc(N)c(Cl)c1. The van der Waals surface area contributed by atoms with Crippen molar-refractivity contribution in [1.29, 1.82) is 0 Å². The number of nitrogen functional groups attached to an aromatic ring is 1. The molecule has 0 saturated carbocycles. The number of hydrogen-bond acceptors (Lipinski definition) is 5. The molecule has 0 atom stereocenters. The number of halogens is 1. The largest absolute Gasteiger partial charge is 0.494 e. The van der Waals surface area contributed by atoms with Crippen LogP contribution in [0.3, 0.4) is 0 Å². The number of benzene rings is 2. The number of nitrogens with zero attached hydrogens (tertiary/aromatic N) is 4. The lowest BCUT2D eigenvalue weighted by Gasteiger charge is -2.09. The fourth-order valence-corrected chi connectivity index (χ4v) is 2.18. The number of nitrogens with two attached hydrogens (primary N) is 1. The van der Waals surface area contributed by atoms with Crippen LogP contribution < -0.4 is 10.5 Å². The fourth-order valence-electron chi connectivity index (χ4n) is 2.00. The van der Waals surface area contributed by atoms with Gasteiger partial charge in [-0.3, -0.25) is 0 Å². The molecule has 3 aromatic rings. The number of para-hydroxylation sites is 2. The van der Waals surface area contributed by atoms with E-state index in [1.807, 2.05) is 30.3 Å². The summed E-state index contributed by atoms with van der Waals surface area (Å²) in [7, 11) is 1.60. The summed E-state index contributed by atoms with van der Waals surface area (Å²) in [4.78, 5) is 0. The summed E-state index contributed by atoms with van der Waals surface area (Å²) >= 11 is 6.06. The van der Waals surface area contributed by atoms with E-state index in [9.17, 15) is 0 Å². The standard InChI is InChI=1S/C14H12ClN5O/c1-21-13-5-3-2-4-12(13)20-14(17-18-19-20)9-6-7-11(16)10(15)8-9/h2-8H,16H2,1H3. The van der Waals surface area contributed by atoms with E-state index in [4.69, 9.17) is 22.1 Å². The van der Waals surface area contributed by atoms with Crippen molar-refractivity contribution in [2.24, 2.45) is 0 Å². The molecule has 0 aliphatic carbocycles. The van der Waals surface area contributed by atoms with Crippen LogP contribution in [-0.2, 0) is 0 Å². The summed E-state index contributed by atoms with van der Waals surface area (Å²) in [6.07, 6.45) is 0. The summed E-state index contributed by atoms with van der Waals surface area (Å²) in [5.74, 6) is 1.23. The van der Waals surface area contributed by atoms with Crippen LogP contribution in [0.15, 0.2) is 42.5 Å². The molecule has 0 bridgehead atoms. The van der Waals surface area contributed by atoms with Crippen molar-refractivity contribution < 1.29 is 4.74 Å². The highest BCUT2D eigenvalue weighted by Crippen LogP contribution is 2.29. The summed E-state index contributed by atoms with van der Waals surface area (Å²) < 4.78 is 6.94. The zero-order valence-corrected chi connectivity index (χ0v) is 11.9. The Bertz CT molecular complexity index is 787. The minimum Gasteiger partial charge on any atom is -0.494 e. The molecule has 0 fully saturated rings. The van der Waals surface area contributed by atoms with Gasteiger partial charge in [0.2, 0.25) is 0 Å². The fraction of sp³-hybridized carbons (Fsp3) is 0.0714. The van der Waals surface area contributed by atoms with Gasteiger partial charge in [0.15, 0.2) is 5.82 Å². The number of hydrogen-bond donors (Lipinski definition) is 1. The number of aromatic nitrogens is 4. The first kappa shape index (κ1) is 13.4. The van der Waals surface area contributed by atoms with E-state index in [1.54, 1.807) is 23.9 Å². The second-order valence-corrected chi connectivity index (χ2v) is 4.73. The van der Waals surface area contributed by atoms with Crippen LogP contribution >= 0.6 is 11.6 Å². The third-order valence-electron chi connectivity index (χ3n) is 3.04. The number of anilines is 1. The highest BCUT2D eigenvalue weighted by Gasteiger charge is 2.14. The Morgan fingerprint density at radius 3 is 2.76 bits per heavy atom. The smallest absolute Gasteiger partial charge is 0.187 e. The Hall–Kier alpha value is -2.60. The molecular formula is C14H12ClN5O. The predicted octanol–water partition coefficient (Wildman–Crippen LogP) is 2.57. The molecule has 2 aromatic carbocycles. The van der Waals surface area contributed by atoms with Crippen LogP contribution in [0.2, 0.25) is 5.02 Å². The molecule has 1 aromatic heterocycles. The average molecular weight is 302 g/mol. The first-order valence-electron chi connectivity index (χ1n) is 6.18. The van der Waals surface area contributed by atoms with E-state index in [-0.39, 0.29) is 0 Å². The maximum absolute atomic E-state index is 6.06. The Morgan fingerprint density at radius 1 is 1.19 bits per heavy atom. The molecule has 21 heavy (non-hydrogen) atoms. The van der Waals surface area contributed by atoms with Gasteiger partial charge in [-0.2, -0.15) is 4.68 Å². The third kappa shape index (κ3) is 2.41. The third-order valence-corrected chi connectivity index (χ3v) is 3.37. The van der Waals surface area contributed by atoms with Crippen molar-refractivity contribution in [2.75, 3.05) is 12.8 Å². The van der Waals surface area contributed by atoms with Crippen LogP contribution in [0.4, 0.5) is 5.69 Å². The highest BCUT2D eigenvalue weighted by atomic mass is 35.5. The molecule has 0 aliphatic rings. The maximum Gasteiger partial charge on any atom is 0.187 e. The Morgan fingerprint density at radius 2 is 2.00 bits per heavy atom. The lowest BCUT2D eigenvalue weighted by molar-refractivity contribution is 0.411. The van der Waals surface area contributed by atoms with Crippen LogP contribution in [0.25, 0.3) is 17.1 Å². The summed E-state index contributed by atoms with van der Waals surface area (Å²) in [6, 6.07) is 12.8. The lowest BCUT2D eigenvalue weighted by atomic mass is 10.2. The molecule has 0 radical (unpaired) electrons. The summed E-state index contributed by atoms with van der Waals surface area (Å²) in [5.41, 5.74) is 7.75. The van der Waals surface area contributed by atoms with Gasteiger partial charge in [-0.1, -0.05) is 23.7 Å². The van der Waals surface area contributed by atoms with Crippen molar-refractivity contribution in [1.82, 2.24) is 20.2 Å². The van der Waals surface area contributed by atoms with Gasteiger partial charge in [-0.15, -0.1) is 5.10 Å². The Labute approximate surface area is 126 Å². The van der Waals surface area contributed by atoms with Crippen LogP contribution in [0, 0.1) is 0 Å². The van der Waals surface area contributed by atoms with Crippen LogP contribution in [-0.4, -0.2) is 27.3 Å². The van der Waals surface area contributed by atoms with E-state index in [0.717, 1.165) is 11.3 Å². The first-order valence-corrected chi connectivity index (χ1v) is 6.55. The summed E-state index contributed by atoms with van der Waals surface area (Å²) in [6.45, 7) is 0. The van der Waals surface area contributed by atoms with Gasteiger partial charge < -0.3 is 10.5 Å². The van der Waals surface area contributed by atoms with Gasteiger partial charge in [-0.25, -0.2) is 0 Å². The van der Waals surface area contributed by atoms with Gasteiger partial charge in [0.25, 0.3) is 0 Å². The van der Waals surface area contributed by atoms with E-state index in [1.165, 1.54) is 0 Å². The number of rotatable bonds is 3. The monoisotopic (exact) mass is 301 g/mol. The van der Waals surface area contributed by atoms with Crippen molar-refractivity contribution in [3.63, 3.8) is 0 Å². The molecule has 0 saturated heterocycles. The zero-order chi connectivity index (χ0) is 14.8. The normalized spacial score (nSPS) is 10.6. The van der Waals surface area contributed by atoms with Crippen LogP contribution in [0.1, 0.15) is 0 Å². The predicted molar refractivity (Wildman–Crippen MR) is 80.6 cm³/mol. The van der Waals surface area contributed by atoms with Crippen molar-refractivity contribution in [3.05, 3.63) is 47.5 Å². The second-order valence-electron chi connectivity index (χ2n) is 4.32. The van der Waals surface area contributed by atoms with Crippen molar-refractivity contribution >= 4 is 17.3 Å². The van der Waals surface area contributed by atoms with Crippen LogP contribution in [0.5, 0.6) is 5.75 Å². The van der Waals surface area contributed by atoms with Crippen molar-refractivity contribution in [3.8, 4) is 22.8 Å². The molecule has 0 amide bonds. The Balaban J connectivity index is 2.15. The topological polar surface area (TPSA) is 78.8 Å². The van der Waals surface area contributed by atoms with Crippen molar-refractivity contribution in [2.45, 2.75) is 0 Å². The number of tetrazole rings is 1. The molecule has 2 N–H and O–H groups in total. The number of ether oxygens (including phenoxy) is 1. The molecular weight excluding hydrogens is 290 g/mol. The average Bonchev–Trinajstić information content (AvgIpc) is 2.99. The summed E-state index contributed by atoms with van der Waals surface area (Å²) in [5, 5.41) is 12.3. The minimum atomic E-state index is 0.460. The molecule has 0 aliphatic heterocycles. The molecule has 0 unspecified atom stereocenters. The van der Waals surface area contributed by atoms with Gasteiger partial charge in [0.1, 0.15) is 11.4 Å². The second kappa shape index (κ2) is 5.41. The van der Waals surface area contributed by atoms with E-state index >= 15 is 0 Å². The molecule has 0 spiro atoms.